The number of hydrogen-bond donors (Lipinski definition) is 0. The highest BCUT2D eigenvalue weighted by Gasteiger charge is 2.29. The summed E-state index contributed by atoms with van der Waals surface area (Å²) < 4.78 is 5.84. The molecule has 1 aliphatic heterocycles. The van der Waals surface area contributed by atoms with Crippen LogP contribution in [0.1, 0.15) is 19.3 Å². The van der Waals surface area contributed by atoms with Gasteiger partial charge in [0.1, 0.15) is 5.75 Å². The molecule has 124 valence electrons. The fourth-order valence-electron chi connectivity index (χ4n) is 2.55. The molecule has 24 heavy (non-hydrogen) atoms. The number of para-hydroxylation sites is 1. The first-order valence-corrected chi connectivity index (χ1v) is 8.01. The van der Waals surface area contributed by atoms with Crippen LogP contribution in [-0.4, -0.2) is 30.1 Å². The molecule has 2 aromatic carbocycles. The van der Waals surface area contributed by atoms with Crippen molar-refractivity contribution in [3.8, 4) is 16.9 Å². The average Bonchev–Trinajstić information content (AvgIpc) is 2.94. The molecule has 0 spiro atoms. The summed E-state index contributed by atoms with van der Waals surface area (Å²) in [5.74, 6) is 0.266. The number of nitrogens with zero attached hydrogens (tertiary/aromatic N) is 1. The summed E-state index contributed by atoms with van der Waals surface area (Å²) >= 11 is 0. The molecule has 1 heterocycles. The number of hydroxylamine groups is 2. The highest BCUT2D eigenvalue weighted by molar-refractivity contribution is 6.00. The molecule has 0 radical (unpaired) electrons. The van der Waals surface area contributed by atoms with Gasteiger partial charge in [-0.25, -0.2) is 0 Å². The highest BCUT2D eigenvalue weighted by Crippen LogP contribution is 2.29. The topological polar surface area (TPSA) is 55.8 Å². The number of carbonyl (C=O) groups excluding carboxylic acids is 2. The van der Waals surface area contributed by atoms with Gasteiger partial charge in [-0.3, -0.25) is 14.4 Å². The predicted molar refractivity (Wildman–Crippen MR) is 89.0 cm³/mol. The van der Waals surface area contributed by atoms with Crippen molar-refractivity contribution in [2.45, 2.75) is 19.3 Å². The lowest BCUT2D eigenvalue weighted by Crippen LogP contribution is -2.30. The number of benzene rings is 2. The molecule has 2 aromatic rings. The number of amides is 2. The number of imide groups is 1. The van der Waals surface area contributed by atoms with Crippen molar-refractivity contribution in [3.05, 3.63) is 54.6 Å². The lowest BCUT2D eigenvalue weighted by molar-refractivity contribution is -0.188. The van der Waals surface area contributed by atoms with Crippen LogP contribution in [0.2, 0.25) is 0 Å². The van der Waals surface area contributed by atoms with Crippen molar-refractivity contribution in [1.82, 2.24) is 5.06 Å². The van der Waals surface area contributed by atoms with Gasteiger partial charge in [-0.15, -0.1) is 0 Å². The minimum atomic E-state index is -0.268. The van der Waals surface area contributed by atoms with Crippen LogP contribution in [0, 0.1) is 0 Å². The Morgan fingerprint density at radius 1 is 0.833 bits per heavy atom. The van der Waals surface area contributed by atoms with Crippen LogP contribution in [0.5, 0.6) is 5.75 Å². The Balaban J connectivity index is 1.51. The van der Waals surface area contributed by atoms with Crippen molar-refractivity contribution < 1.29 is 19.2 Å². The minimum Gasteiger partial charge on any atom is -0.493 e. The quantitative estimate of drug-likeness (QED) is 0.579. The molecule has 0 aromatic heterocycles. The summed E-state index contributed by atoms with van der Waals surface area (Å²) in [7, 11) is 0. The molecule has 0 N–H and O–H groups in total. The molecular formula is C19H19NO4. The van der Waals surface area contributed by atoms with E-state index in [0.29, 0.717) is 13.0 Å². The molecule has 3 rings (SSSR count). The Bertz CT molecular complexity index is 698. The van der Waals surface area contributed by atoms with E-state index in [-0.39, 0.29) is 31.3 Å². The van der Waals surface area contributed by atoms with E-state index in [0.717, 1.165) is 21.9 Å². The monoisotopic (exact) mass is 325 g/mol. The van der Waals surface area contributed by atoms with Crippen LogP contribution in [0.15, 0.2) is 54.6 Å². The maximum atomic E-state index is 11.4. The van der Waals surface area contributed by atoms with Gasteiger partial charge >= 0.3 is 0 Å². The molecule has 1 aliphatic rings. The zero-order chi connectivity index (χ0) is 16.8. The SMILES string of the molecule is O=C1CCC(=O)N1OCCCOc1ccccc1-c1ccccc1. The molecule has 5 heteroatoms. The summed E-state index contributed by atoms with van der Waals surface area (Å²) in [5, 5.41) is 0.873. The zero-order valence-electron chi connectivity index (χ0n) is 13.3. The summed E-state index contributed by atoms with van der Waals surface area (Å²) in [6.45, 7) is 0.713. The van der Waals surface area contributed by atoms with E-state index in [1.54, 1.807) is 0 Å². The highest BCUT2D eigenvalue weighted by atomic mass is 16.7. The summed E-state index contributed by atoms with van der Waals surface area (Å²) in [6.07, 6.45) is 1.06. The first-order chi connectivity index (χ1) is 11.8. The van der Waals surface area contributed by atoms with Crippen LogP contribution in [-0.2, 0) is 14.4 Å². The van der Waals surface area contributed by atoms with E-state index < -0.39 is 0 Å². The second-order valence-electron chi connectivity index (χ2n) is 5.48. The van der Waals surface area contributed by atoms with Crippen molar-refractivity contribution in [1.29, 1.82) is 0 Å². The van der Waals surface area contributed by atoms with Crippen molar-refractivity contribution in [2.24, 2.45) is 0 Å². The molecular weight excluding hydrogens is 306 g/mol. The summed E-state index contributed by atoms with van der Waals surface area (Å²) in [6, 6.07) is 17.9. The van der Waals surface area contributed by atoms with Gasteiger partial charge < -0.3 is 4.74 Å². The summed E-state index contributed by atoms with van der Waals surface area (Å²) in [5.41, 5.74) is 2.13. The third kappa shape index (κ3) is 3.81. The largest absolute Gasteiger partial charge is 0.493 e. The molecule has 2 amide bonds. The average molecular weight is 325 g/mol. The molecule has 0 atom stereocenters. The third-order valence-electron chi connectivity index (χ3n) is 3.74. The molecule has 0 saturated carbocycles. The van der Waals surface area contributed by atoms with Gasteiger partial charge in [-0.2, -0.15) is 5.06 Å². The fraction of sp³-hybridized carbons (Fsp3) is 0.263. The van der Waals surface area contributed by atoms with Crippen LogP contribution < -0.4 is 4.74 Å². The van der Waals surface area contributed by atoms with Crippen molar-refractivity contribution in [3.63, 3.8) is 0 Å². The van der Waals surface area contributed by atoms with Crippen molar-refractivity contribution in [2.75, 3.05) is 13.2 Å². The molecule has 0 bridgehead atoms. The first-order valence-electron chi connectivity index (χ1n) is 8.01. The number of ether oxygens (including phenoxy) is 1. The lowest BCUT2D eigenvalue weighted by atomic mass is 10.1. The van der Waals surface area contributed by atoms with Gasteiger partial charge in [-0.05, 0) is 11.6 Å². The van der Waals surface area contributed by atoms with Crippen LogP contribution >= 0.6 is 0 Å². The van der Waals surface area contributed by atoms with E-state index in [4.69, 9.17) is 9.57 Å². The van der Waals surface area contributed by atoms with Crippen LogP contribution in [0.3, 0.4) is 0 Å². The van der Waals surface area contributed by atoms with E-state index in [1.165, 1.54) is 0 Å². The van der Waals surface area contributed by atoms with Gasteiger partial charge in [-0.1, -0.05) is 48.5 Å². The second kappa shape index (κ2) is 7.75. The Hall–Kier alpha value is -2.66. The zero-order valence-corrected chi connectivity index (χ0v) is 13.3. The van der Waals surface area contributed by atoms with Gasteiger partial charge in [0.15, 0.2) is 0 Å². The first kappa shape index (κ1) is 16.2. The normalized spacial score (nSPS) is 14.2. The van der Waals surface area contributed by atoms with E-state index in [2.05, 4.69) is 0 Å². The maximum absolute atomic E-state index is 11.4. The standard InChI is InChI=1S/C19H19NO4/c21-18-11-12-19(22)20(18)24-14-6-13-23-17-10-5-4-9-16(17)15-7-2-1-3-8-15/h1-5,7-10H,6,11-14H2. The molecule has 0 aliphatic carbocycles. The fourth-order valence-corrected chi connectivity index (χ4v) is 2.55. The van der Waals surface area contributed by atoms with E-state index >= 15 is 0 Å². The van der Waals surface area contributed by atoms with Crippen LogP contribution in [0.25, 0.3) is 11.1 Å². The third-order valence-corrected chi connectivity index (χ3v) is 3.74. The van der Waals surface area contributed by atoms with Gasteiger partial charge in [0, 0.05) is 24.8 Å². The molecule has 0 unspecified atom stereocenters. The molecule has 1 fully saturated rings. The Morgan fingerprint density at radius 3 is 2.25 bits per heavy atom. The Kier molecular flexibility index (Phi) is 5.23. The Labute approximate surface area is 140 Å². The minimum absolute atomic E-state index is 0.236. The second-order valence-corrected chi connectivity index (χ2v) is 5.48. The number of carbonyl (C=O) groups is 2. The number of rotatable bonds is 7. The number of hydrogen-bond acceptors (Lipinski definition) is 4. The maximum Gasteiger partial charge on any atom is 0.253 e. The van der Waals surface area contributed by atoms with Crippen molar-refractivity contribution >= 4 is 11.8 Å². The van der Waals surface area contributed by atoms with Gasteiger partial charge in [0.2, 0.25) is 0 Å². The van der Waals surface area contributed by atoms with Crippen LogP contribution in [0.4, 0.5) is 0 Å². The molecule has 5 nitrogen and oxygen atoms in total. The smallest absolute Gasteiger partial charge is 0.253 e. The Morgan fingerprint density at radius 2 is 1.50 bits per heavy atom. The predicted octanol–water partition coefficient (Wildman–Crippen LogP) is 3.20. The van der Waals surface area contributed by atoms with Gasteiger partial charge in [0.25, 0.3) is 11.8 Å². The molecule has 1 saturated heterocycles. The lowest BCUT2D eigenvalue weighted by Gasteiger charge is -2.14. The summed E-state index contributed by atoms with van der Waals surface area (Å²) in [4.78, 5) is 28.1. The van der Waals surface area contributed by atoms with Gasteiger partial charge in [0.05, 0.1) is 13.2 Å². The van der Waals surface area contributed by atoms with E-state index in [9.17, 15) is 9.59 Å². The van der Waals surface area contributed by atoms with E-state index in [1.807, 2.05) is 54.6 Å².